The van der Waals surface area contributed by atoms with Gasteiger partial charge in [-0.3, -0.25) is 9.59 Å². The number of unbranched alkanes of at least 4 members (excludes halogenated alkanes) is 8. The number of hydrogen-bond donors (Lipinski definition) is 1. The number of esters is 2. The van der Waals surface area contributed by atoms with Gasteiger partial charge in [-0.2, -0.15) is 0 Å². The normalized spacial score (nSPS) is 13.5. The van der Waals surface area contributed by atoms with Crippen molar-refractivity contribution in [2.24, 2.45) is 0 Å². The fraction of sp³-hybridized carbons (Fsp3) is 0.781. The molecule has 0 aliphatic rings. The van der Waals surface area contributed by atoms with Crippen molar-refractivity contribution < 1.29 is 38.2 Å². The fourth-order valence-corrected chi connectivity index (χ4v) is 4.11. The highest BCUT2D eigenvalue weighted by atomic mass is 16.6. The van der Waals surface area contributed by atoms with Crippen LogP contribution in [0.3, 0.4) is 0 Å². The molecular formula is C32H58NO7+. The van der Waals surface area contributed by atoms with Gasteiger partial charge in [0, 0.05) is 19.3 Å². The fourth-order valence-electron chi connectivity index (χ4n) is 4.11. The van der Waals surface area contributed by atoms with Crippen molar-refractivity contribution in [3.63, 3.8) is 0 Å². The zero-order valence-electron chi connectivity index (χ0n) is 26.0. The summed E-state index contributed by atoms with van der Waals surface area (Å²) in [6.45, 7) is 4.52. The third-order valence-electron chi connectivity index (χ3n) is 6.59. The number of carboxylic acid groups (broad SMARTS) is 1. The molecule has 8 heteroatoms. The van der Waals surface area contributed by atoms with Gasteiger partial charge in [-0.05, 0) is 44.9 Å². The van der Waals surface area contributed by atoms with Crippen molar-refractivity contribution in [1.29, 1.82) is 0 Å². The number of likely N-dealkylation sites (N-methyl/N-ethyl adjacent to an activating group) is 1. The lowest BCUT2D eigenvalue weighted by Gasteiger charge is -2.31. The van der Waals surface area contributed by atoms with Gasteiger partial charge in [0.1, 0.15) is 6.61 Å². The molecule has 40 heavy (non-hydrogen) atoms. The Balaban J connectivity index is 4.61. The third-order valence-corrected chi connectivity index (χ3v) is 6.59. The maximum absolute atomic E-state index is 12.4. The van der Waals surface area contributed by atoms with Gasteiger partial charge in [0.15, 0.2) is 12.1 Å². The summed E-state index contributed by atoms with van der Waals surface area (Å²) in [4.78, 5) is 36.3. The van der Waals surface area contributed by atoms with Crippen LogP contribution in [-0.4, -0.2) is 80.6 Å². The molecule has 0 saturated carbocycles. The minimum absolute atomic E-state index is 0.0378. The van der Waals surface area contributed by atoms with E-state index in [0.29, 0.717) is 25.7 Å². The standard InChI is InChI=1S/C32H57NO7/c1-6-8-10-12-14-15-17-18-20-22-30(34)39-27-28(26-38-25-24-29(32(36)37)33(3,4)5)40-31(35)23-21-19-16-13-11-9-7-2/h15-17,19,28-29H,6-14,18,20-27H2,1-5H3/p+1/b17-15+,19-16+. The van der Waals surface area contributed by atoms with E-state index in [0.717, 1.165) is 25.7 Å². The van der Waals surface area contributed by atoms with Crippen LogP contribution in [0.2, 0.25) is 0 Å². The molecule has 0 fully saturated rings. The van der Waals surface area contributed by atoms with E-state index in [1.165, 1.54) is 38.5 Å². The van der Waals surface area contributed by atoms with E-state index in [9.17, 15) is 19.5 Å². The van der Waals surface area contributed by atoms with Crippen LogP contribution in [0, 0.1) is 0 Å². The van der Waals surface area contributed by atoms with Gasteiger partial charge in [0.25, 0.3) is 0 Å². The van der Waals surface area contributed by atoms with Crippen molar-refractivity contribution in [3.05, 3.63) is 24.3 Å². The highest BCUT2D eigenvalue weighted by molar-refractivity contribution is 5.72. The predicted octanol–water partition coefficient (Wildman–Crippen LogP) is 6.62. The van der Waals surface area contributed by atoms with Crippen LogP contribution >= 0.6 is 0 Å². The minimum Gasteiger partial charge on any atom is -0.477 e. The van der Waals surface area contributed by atoms with Crippen LogP contribution in [0.4, 0.5) is 0 Å². The highest BCUT2D eigenvalue weighted by Crippen LogP contribution is 2.10. The van der Waals surface area contributed by atoms with Crippen molar-refractivity contribution in [2.45, 2.75) is 122 Å². The Morgan fingerprint density at radius 3 is 1.90 bits per heavy atom. The number of allylic oxidation sites excluding steroid dienone is 4. The largest absolute Gasteiger partial charge is 0.477 e. The van der Waals surface area contributed by atoms with Gasteiger partial charge in [0.05, 0.1) is 34.4 Å². The number of aliphatic carboxylic acids is 1. The van der Waals surface area contributed by atoms with Gasteiger partial charge >= 0.3 is 17.9 Å². The second-order valence-corrected chi connectivity index (χ2v) is 11.3. The maximum atomic E-state index is 12.4. The first-order chi connectivity index (χ1) is 19.1. The van der Waals surface area contributed by atoms with Crippen molar-refractivity contribution in [1.82, 2.24) is 0 Å². The summed E-state index contributed by atoms with van der Waals surface area (Å²) in [5.74, 6) is -1.59. The summed E-state index contributed by atoms with van der Waals surface area (Å²) < 4.78 is 16.9. The number of carbonyl (C=O) groups excluding carboxylic acids is 2. The zero-order valence-corrected chi connectivity index (χ0v) is 26.0. The van der Waals surface area contributed by atoms with Gasteiger partial charge in [-0.15, -0.1) is 0 Å². The van der Waals surface area contributed by atoms with E-state index in [1.807, 2.05) is 27.2 Å². The molecule has 0 saturated heterocycles. The number of rotatable bonds is 26. The molecule has 232 valence electrons. The smallest absolute Gasteiger partial charge is 0.362 e. The van der Waals surface area contributed by atoms with Crippen LogP contribution in [0.5, 0.6) is 0 Å². The molecule has 0 radical (unpaired) electrons. The Morgan fingerprint density at radius 2 is 1.30 bits per heavy atom. The monoisotopic (exact) mass is 568 g/mol. The topological polar surface area (TPSA) is 99.1 Å². The van der Waals surface area contributed by atoms with Crippen LogP contribution in [-0.2, 0) is 28.6 Å². The van der Waals surface area contributed by atoms with Gasteiger partial charge < -0.3 is 23.8 Å². The number of carbonyl (C=O) groups is 3. The van der Waals surface area contributed by atoms with E-state index in [2.05, 4.69) is 32.1 Å². The molecule has 0 bridgehead atoms. The molecule has 2 unspecified atom stereocenters. The van der Waals surface area contributed by atoms with Crippen LogP contribution in [0.15, 0.2) is 24.3 Å². The van der Waals surface area contributed by atoms with Crippen LogP contribution < -0.4 is 0 Å². The van der Waals surface area contributed by atoms with E-state index < -0.39 is 18.1 Å². The molecule has 0 heterocycles. The number of hydrogen-bond acceptors (Lipinski definition) is 6. The molecule has 1 N–H and O–H groups in total. The van der Waals surface area contributed by atoms with Crippen molar-refractivity contribution in [2.75, 3.05) is 41.0 Å². The SMILES string of the molecule is CCCCC/C=C/CCC(=O)OC(COCCC(C(=O)O)[N+](C)(C)C)COC(=O)CCC/C=C/CCCCCC. The Labute approximate surface area is 243 Å². The molecule has 0 aliphatic carbocycles. The lowest BCUT2D eigenvalue weighted by molar-refractivity contribution is -0.887. The number of quaternary nitrogens is 1. The van der Waals surface area contributed by atoms with Crippen LogP contribution in [0.1, 0.15) is 110 Å². The van der Waals surface area contributed by atoms with Gasteiger partial charge in [0.2, 0.25) is 0 Å². The summed E-state index contributed by atoms with van der Waals surface area (Å²) in [6.07, 6.45) is 21.2. The maximum Gasteiger partial charge on any atom is 0.362 e. The summed E-state index contributed by atoms with van der Waals surface area (Å²) in [5, 5.41) is 9.50. The first-order valence-corrected chi connectivity index (χ1v) is 15.4. The molecule has 0 aromatic carbocycles. The summed E-state index contributed by atoms with van der Waals surface area (Å²) >= 11 is 0. The van der Waals surface area contributed by atoms with Crippen molar-refractivity contribution in [3.8, 4) is 0 Å². The quantitative estimate of drug-likeness (QED) is 0.0542. The average Bonchev–Trinajstić information content (AvgIpc) is 2.89. The Hall–Kier alpha value is -2.19. The van der Waals surface area contributed by atoms with E-state index >= 15 is 0 Å². The second kappa shape index (κ2) is 24.6. The summed E-state index contributed by atoms with van der Waals surface area (Å²) in [6, 6.07) is -0.617. The van der Waals surface area contributed by atoms with Crippen LogP contribution in [0.25, 0.3) is 0 Å². The molecule has 0 rings (SSSR count). The lowest BCUT2D eigenvalue weighted by Crippen LogP contribution is -2.50. The summed E-state index contributed by atoms with van der Waals surface area (Å²) in [5.41, 5.74) is 0. The van der Waals surface area contributed by atoms with Crippen molar-refractivity contribution >= 4 is 17.9 Å². The Morgan fingerprint density at radius 1 is 0.725 bits per heavy atom. The number of carboxylic acids is 1. The molecule has 8 nitrogen and oxygen atoms in total. The summed E-state index contributed by atoms with van der Waals surface area (Å²) in [7, 11) is 5.47. The molecule has 0 spiro atoms. The Kier molecular flexibility index (Phi) is 23.2. The lowest BCUT2D eigenvalue weighted by atomic mass is 10.1. The second-order valence-electron chi connectivity index (χ2n) is 11.3. The predicted molar refractivity (Wildman–Crippen MR) is 160 cm³/mol. The molecular weight excluding hydrogens is 510 g/mol. The number of nitrogens with zero attached hydrogens (tertiary/aromatic N) is 1. The number of ether oxygens (including phenoxy) is 3. The first kappa shape index (κ1) is 37.8. The van der Waals surface area contributed by atoms with E-state index in [4.69, 9.17) is 14.2 Å². The molecule has 0 aromatic heterocycles. The molecule has 0 amide bonds. The highest BCUT2D eigenvalue weighted by Gasteiger charge is 2.31. The van der Waals surface area contributed by atoms with Gasteiger partial charge in [-0.25, -0.2) is 4.79 Å². The van der Waals surface area contributed by atoms with Gasteiger partial charge in [-0.1, -0.05) is 70.3 Å². The first-order valence-electron chi connectivity index (χ1n) is 15.4. The van der Waals surface area contributed by atoms with E-state index in [-0.39, 0.29) is 42.7 Å². The zero-order chi connectivity index (χ0) is 30.1. The average molecular weight is 569 g/mol. The minimum atomic E-state index is -0.887. The van der Waals surface area contributed by atoms with E-state index in [1.54, 1.807) is 0 Å². The Bertz CT molecular complexity index is 727. The molecule has 0 aliphatic heterocycles. The molecule has 0 aromatic rings. The third kappa shape index (κ3) is 22.6. The molecule has 2 atom stereocenters.